The van der Waals surface area contributed by atoms with E-state index < -0.39 is 7.82 Å². The highest BCUT2D eigenvalue weighted by Gasteiger charge is 2.11. The topological polar surface area (TPSA) is 66.8 Å². The van der Waals surface area contributed by atoms with Gasteiger partial charge in [0.25, 0.3) is 0 Å². The molecule has 0 amide bonds. The normalized spacial score (nSPS) is 10.6. The molecule has 2 N–H and O–H groups in total. The van der Waals surface area contributed by atoms with Crippen LogP contribution in [0.2, 0.25) is 0 Å². The minimum Gasteiger partial charge on any atom is -0.303 e. The van der Waals surface area contributed by atoms with Crippen LogP contribution >= 0.6 is 20.2 Å². The smallest absolute Gasteiger partial charge is 0.303 e. The molecule has 0 spiro atoms. The highest BCUT2D eigenvalue weighted by atomic mass is 35.5. The Hall–Kier alpha value is 0.400. The molecule has 0 aliphatic carbocycles. The SMILES string of the molecule is CCCOP(=O)(O)O.Cl. The van der Waals surface area contributed by atoms with Gasteiger partial charge in [-0.1, -0.05) is 6.92 Å². The van der Waals surface area contributed by atoms with Crippen LogP contribution in [0.25, 0.3) is 0 Å². The van der Waals surface area contributed by atoms with Crippen LogP contribution in [0.3, 0.4) is 0 Å². The van der Waals surface area contributed by atoms with Gasteiger partial charge in [-0.25, -0.2) is 4.57 Å². The molecular weight excluding hydrogens is 166 g/mol. The van der Waals surface area contributed by atoms with Crippen LogP contribution in [-0.2, 0) is 9.09 Å². The summed E-state index contributed by atoms with van der Waals surface area (Å²) in [5.41, 5.74) is 0. The molecule has 0 saturated carbocycles. The third-order valence-corrected chi connectivity index (χ3v) is 0.983. The van der Waals surface area contributed by atoms with E-state index in [9.17, 15) is 4.57 Å². The van der Waals surface area contributed by atoms with Gasteiger partial charge >= 0.3 is 7.82 Å². The van der Waals surface area contributed by atoms with Crippen molar-refractivity contribution in [2.75, 3.05) is 6.61 Å². The van der Waals surface area contributed by atoms with Crippen LogP contribution in [0.15, 0.2) is 0 Å². The third-order valence-electron chi connectivity index (χ3n) is 0.464. The molecule has 0 aliphatic rings. The number of hydrogen-bond donors (Lipinski definition) is 2. The Labute approximate surface area is 59.9 Å². The highest BCUT2D eigenvalue weighted by molar-refractivity contribution is 7.46. The van der Waals surface area contributed by atoms with Crippen molar-refractivity contribution in [1.82, 2.24) is 0 Å². The molecule has 0 aromatic heterocycles. The quantitative estimate of drug-likeness (QED) is 0.628. The highest BCUT2D eigenvalue weighted by Crippen LogP contribution is 2.35. The molecule has 0 saturated heterocycles. The molecule has 0 heterocycles. The van der Waals surface area contributed by atoms with Gasteiger partial charge < -0.3 is 9.79 Å². The van der Waals surface area contributed by atoms with Crippen molar-refractivity contribution in [1.29, 1.82) is 0 Å². The Morgan fingerprint density at radius 3 is 2.11 bits per heavy atom. The number of halogens is 1. The number of phosphoric ester groups is 1. The molecule has 0 fully saturated rings. The predicted octanol–water partition coefficient (Wildman–Crippen LogP) is 0.927. The zero-order valence-corrected chi connectivity index (χ0v) is 6.69. The largest absolute Gasteiger partial charge is 0.469 e. The summed E-state index contributed by atoms with van der Waals surface area (Å²) in [7, 11) is -4.18. The van der Waals surface area contributed by atoms with Gasteiger partial charge in [0.05, 0.1) is 6.61 Å². The Kier molecular flexibility index (Phi) is 7.01. The second-order valence-corrected chi connectivity index (χ2v) is 2.56. The summed E-state index contributed by atoms with van der Waals surface area (Å²) in [5, 5.41) is 0. The lowest BCUT2D eigenvalue weighted by Crippen LogP contribution is -1.88. The second-order valence-electron chi connectivity index (χ2n) is 1.32. The van der Waals surface area contributed by atoms with E-state index in [2.05, 4.69) is 4.52 Å². The van der Waals surface area contributed by atoms with Crippen molar-refractivity contribution in [2.24, 2.45) is 0 Å². The van der Waals surface area contributed by atoms with E-state index in [1.54, 1.807) is 6.92 Å². The fourth-order valence-electron chi connectivity index (χ4n) is 0.210. The zero-order valence-electron chi connectivity index (χ0n) is 4.98. The molecular formula is C3H10ClO4P. The average Bonchev–Trinajstić information content (AvgIpc) is 1.59. The minimum atomic E-state index is -4.18. The van der Waals surface area contributed by atoms with Gasteiger partial charge in [-0.2, -0.15) is 0 Å². The predicted molar refractivity (Wildman–Crippen MR) is 35.5 cm³/mol. The van der Waals surface area contributed by atoms with E-state index in [-0.39, 0.29) is 19.0 Å². The maximum Gasteiger partial charge on any atom is 0.469 e. The number of rotatable bonds is 3. The maximum absolute atomic E-state index is 9.86. The molecule has 0 bridgehead atoms. The van der Waals surface area contributed by atoms with E-state index in [0.29, 0.717) is 6.42 Å². The first-order valence-corrected chi connectivity index (χ1v) is 3.79. The van der Waals surface area contributed by atoms with Crippen LogP contribution in [0.1, 0.15) is 13.3 Å². The number of hydrogen-bond acceptors (Lipinski definition) is 2. The van der Waals surface area contributed by atoms with Gasteiger partial charge in [0.15, 0.2) is 0 Å². The molecule has 58 valence electrons. The lowest BCUT2D eigenvalue weighted by Gasteiger charge is -2.00. The van der Waals surface area contributed by atoms with Gasteiger partial charge in [0.1, 0.15) is 0 Å². The molecule has 0 unspecified atom stereocenters. The summed E-state index contributed by atoms with van der Waals surface area (Å²) >= 11 is 0. The monoisotopic (exact) mass is 176 g/mol. The summed E-state index contributed by atoms with van der Waals surface area (Å²) in [5.74, 6) is 0. The second kappa shape index (κ2) is 5.21. The van der Waals surface area contributed by atoms with Crippen molar-refractivity contribution < 1.29 is 18.9 Å². The standard InChI is InChI=1S/C3H9O4P.ClH/c1-2-3-7-8(4,5)6;/h2-3H2,1H3,(H2,4,5,6);1H. The van der Waals surface area contributed by atoms with Crippen LogP contribution in [-0.4, -0.2) is 16.4 Å². The lowest BCUT2D eigenvalue weighted by molar-refractivity contribution is 0.197. The summed E-state index contributed by atoms with van der Waals surface area (Å²) in [6, 6.07) is 0. The zero-order chi connectivity index (χ0) is 6.62. The molecule has 6 heteroatoms. The van der Waals surface area contributed by atoms with Crippen molar-refractivity contribution in [3.05, 3.63) is 0 Å². The Bertz CT molecular complexity index is 100.0. The van der Waals surface area contributed by atoms with Crippen molar-refractivity contribution in [3.63, 3.8) is 0 Å². The summed E-state index contributed by atoms with van der Waals surface area (Å²) < 4.78 is 13.9. The van der Waals surface area contributed by atoms with Crippen LogP contribution < -0.4 is 0 Å². The fraction of sp³-hybridized carbons (Fsp3) is 1.00. The van der Waals surface area contributed by atoms with Crippen molar-refractivity contribution >= 4 is 20.2 Å². The number of phosphoric acid groups is 1. The third kappa shape index (κ3) is 11.8. The maximum atomic E-state index is 9.86. The van der Waals surface area contributed by atoms with Gasteiger partial charge in [0, 0.05) is 0 Å². The van der Waals surface area contributed by atoms with Gasteiger partial charge in [-0.3, -0.25) is 4.52 Å². The van der Waals surface area contributed by atoms with Gasteiger partial charge in [-0.05, 0) is 6.42 Å². The Morgan fingerprint density at radius 2 is 2.00 bits per heavy atom. The fourth-order valence-corrected chi connectivity index (χ4v) is 0.631. The van der Waals surface area contributed by atoms with E-state index >= 15 is 0 Å². The first kappa shape index (κ1) is 12.1. The van der Waals surface area contributed by atoms with E-state index in [4.69, 9.17) is 9.79 Å². The van der Waals surface area contributed by atoms with E-state index in [1.807, 2.05) is 0 Å². The first-order valence-electron chi connectivity index (χ1n) is 2.26. The van der Waals surface area contributed by atoms with Crippen LogP contribution in [0.5, 0.6) is 0 Å². The van der Waals surface area contributed by atoms with E-state index in [0.717, 1.165) is 0 Å². The summed E-state index contributed by atoms with van der Waals surface area (Å²) in [6.07, 6.45) is 0.616. The average molecular weight is 177 g/mol. The summed E-state index contributed by atoms with van der Waals surface area (Å²) in [4.78, 5) is 16.1. The molecule has 0 atom stereocenters. The van der Waals surface area contributed by atoms with Gasteiger partial charge in [0.2, 0.25) is 0 Å². The van der Waals surface area contributed by atoms with Crippen molar-refractivity contribution in [2.45, 2.75) is 13.3 Å². The van der Waals surface area contributed by atoms with Crippen LogP contribution in [0, 0.1) is 0 Å². The lowest BCUT2D eigenvalue weighted by atomic mass is 10.5. The molecule has 0 aliphatic heterocycles. The molecule has 9 heavy (non-hydrogen) atoms. The molecule has 4 nitrogen and oxygen atoms in total. The summed E-state index contributed by atoms with van der Waals surface area (Å²) in [6.45, 7) is 1.89. The Balaban J connectivity index is 0. The van der Waals surface area contributed by atoms with Crippen LogP contribution in [0.4, 0.5) is 0 Å². The molecule has 0 radical (unpaired) electrons. The van der Waals surface area contributed by atoms with Crippen molar-refractivity contribution in [3.8, 4) is 0 Å². The van der Waals surface area contributed by atoms with Gasteiger partial charge in [-0.15, -0.1) is 12.4 Å². The van der Waals surface area contributed by atoms with E-state index in [1.165, 1.54) is 0 Å². The molecule has 0 aromatic carbocycles. The first-order chi connectivity index (χ1) is 3.56. The molecule has 0 aromatic rings. The minimum absolute atomic E-state index is 0. The Morgan fingerprint density at radius 1 is 1.56 bits per heavy atom. The molecule has 0 rings (SSSR count).